The van der Waals surface area contributed by atoms with Gasteiger partial charge >= 0.3 is 0 Å². The van der Waals surface area contributed by atoms with Gasteiger partial charge in [0, 0.05) is 28.0 Å². The van der Waals surface area contributed by atoms with Crippen molar-refractivity contribution in [2.75, 3.05) is 5.32 Å². The Bertz CT molecular complexity index is 945. The second kappa shape index (κ2) is 6.94. The van der Waals surface area contributed by atoms with E-state index in [4.69, 9.17) is 16.0 Å². The largest absolute Gasteiger partial charge is 0.457 e. The highest BCUT2D eigenvalue weighted by atomic mass is 35.5. The van der Waals surface area contributed by atoms with Crippen molar-refractivity contribution in [1.29, 1.82) is 0 Å². The van der Waals surface area contributed by atoms with Crippen LogP contribution < -0.4 is 5.32 Å². The number of carbonyl (C=O) groups excluding carboxylic acids is 2. The lowest BCUT2D eigenvalue weighted by atomic mass is 10.2. The first-order valence-corrected chi connectivity index (χ1v) is 8.15. The standard InChI is InChI=1S/C16H12ClN3O3S/c1-9(21)6-14-18-16(24-20-14)19-15(22)5-3-12-8-10-7-11(17)2-4-13(10)23-12/h2-5,7-8H,6H2,1H3,(H,18,19,20,22)/b5-3+. The molecule has 6 nitrogen and oxygen atoms in total. The molecule has 1 amide bonds. The van der Waals surface area contributed by atoms with E-state index in [1.807, 2.05) is 0 Å². The van der Waals surface area contributed by atoms with Crippen LogP contribution in [0.4, 0.5) is 5.13 Å². The van der Waals surface area contributed by atoms with Crippen molar-refractivity contribution in [3.05, 3.63) is 46.9 Å². The van der Waals surface area contributed by atoms with Crippen molar-refractivity contribution in [1.82, 2.24) is 9.36 Å². The van der Waals surface area contributed by atoms with Gasteiger partial charge in [0.1, 0.15) is 17.1 Å². The summed E-state index contributed by atoms with van der Waals surface area (Å²) in [6.07, 6.45) is 3.05. The summed E-state index contributed by atoms with van der Waals surface area (Å²) < 4.78 is 9.59. The lowest BCUT2D eigenvalue weighted by Crippen LogP contribution is -2.07. The first-order valence-electron chi connectivity index (χ1n) is 7.00. The lowest BCUT2D eigenvalue weighted by molar-refractivity contribution is -0.116. The van der Waals surface area contributed by atoms with Gasteiger partial charge in [0.05, 0.1) is 6.42 Å². The molecule has 0 saturated carbocycles. The Labute approximate surface area is 146 Å². The highest BCUT2D eigenvalue weighted by Gasteiger charge is 2.08. The van der Waals surface area contributed by atoms with Crippen LogP contribution in [0.5, 0.6) is 0 Å². The van der Waals surface area contributed by atoms with Gasteiger partial charge in [-0.1, -0.05) is 11.6 Å². The number of ketones is 1. The molecule has 3 aromatic rings. The normalized spacial score (nSPS) is 11.2. The molecule has 2 aromatic heterocycles. The highest BCUT2D eigenvalue weighted by Crippen LogP contribution is 2.23. The predicted octanol–water partition coefficient (Wildman–Crippen LogP) is 3.72. The van der Waals surface area contributed by atoms with Crippen LogP contribution in [0.15, 0.2) is 34.8 Å². The third-order valence-electron chi connectivity index (χ3n) is 3.00. The molecular formula is C16H12ClN3O3S. The van der Waals surface area contributed by atoms with Gasteiger partial charge in [0.25, 0.3) is 0 Å². The Hall–Kier alpha value is -2.51. The summed E-state index contributed by atoms with van der Waals surface area (Å²) in [6, 6.07) is 7.09. The SMILES string of the molecule is CC(=O)Cc1nsc(NC(=O)/C=C/c2cc3cc(Cl)ccc3o2)n1. The number of Topliss-reactive ketones (excluding diaryl/α,β-unsaturated/α-hetero) is 1. The number of aromatic nitrogens is 2. The van der Waals surface area contributed by atoms with Gasteiger partial charge in [-0.2, -0.15) is 4.37 Å². The van der Waals surface area contributed by atoms with Crippen LogP contribution in [0.3, 0.4) is 0 Å². The summed E-state index contributed by atoms with van der Waals surface area (Å²) in [5.41, 5.74) is 0.692. The van der Waals surface area contributed by atoms with E-state index in [-0.39, 0.29) is 18.1 Å². The highest BCUT2D eigenvalue weighted by molar-refractivity contribution is 7.09. The molecule has 24 heavy (non-hydrogen) atoms. The van der Waals surface area contributed by atoms with Gasteiger partial charge < -0.3 is 4.42 Å². The summed E-state index contributed by atoms with van der Waals surface area (Å²) in [7, 11) is 0. The molecule has 0 atom stereocenters. The zero-order chi connectivity index (χ0) is 17.1. The molecule has 3 rings (SSSR count). The molecule has 0 fully saturated rings. The van der Waals surface area contributed by atoms with Gasteiger partial charge in [-0.15, -0.1) is 0 Å². The number of amides is 1. The van der Waals surface area contributed by atoms with E-state index in [0.717, 1.165) is 16.9 Å². The number of halogens is 1. The summed E-state index contributed by atoms with van der Waals surface area (Å²) in [6.45, 7) is 1.46. The molecule has 2 heterocycles. The predicted molar refractivity (Wildman–Crippen MR) is 93.2 cm³/mol. The number of benzene rings is 1. The number of nitrogens with one attached hydrogen (secondary N) is 1. The Morgan fingerprint density at radius 2 is 2.21 bits per heavy atom. The van der Waals surface area contributed by atoms with Gasteiger partial charge in [0.15, 0.2) is 5.82 Å². The molecular weight excluding hydrogens is 350 g/mol. The Balaban J connectivity index is 1.65. The number of nitrogens with zero attached hydrogens (tertiary/aromatic N) is 2. The monoisotopic (exact) mass is 361 g/mol. The summed E-state index contributed by atoms with van der Waals surface area (Å²) in [4.78, 5) is 27.0. The minimum Gasteiger partial charge on any atom is -0.457 e. The van der Waals surface area contributed by atoms with Crippen molar-refractivity contribution in [3.8, 4) is 0 Å². The van der Waals surface area contributed by atoms with Crippen molar-refractivity contribution >= 4 is 57.0 Å². The van der Waals surface area contributed by atoms with Gasteiger partial charge in [-0.25, -0.2) is 4.98 Å². The van der Waals surface area contributed by atoms with Gasteiger partial charge in [-0.05, 0) is 37.3 Å². The molecule has 1 N–H and O–H groups in total. The lowest BCUT2D eigenvalue weighted by Gasteiger charge is -1.93. The molecule has 0 radical (unpaired) electrons. The average molecular weight is 362 g/mol. The summed E-state index contributed by atoms with van der Waals surface area (Å²) >= 11 is 6.95. The number of carbonyl (C=O) groups is 2. The number of anilines is 1. The molecule has 0 aliphatic rings. The fourth-order valence-electron chi connectivity index (χ4n) is 2.02. The Kier molecular flexibility index (Phi) is 4.73. The van der Waals surface area contributed by atoms with Crippen LogP contribution in [0.1, 0.15) is 18.5 Å². The molecule has 0 spiro atoms. The van der Waals surface area contributed by atoms with E-state index in [0.29, 0.717) is 27.3 Å². The van der Waals surface area contributed by atoms with E-state index < -0.39 is 0 Å². The van der Waals surface area contributed by atoms with E-state index >= 15 is 0 Å². The van der Waals surface area contributed by atoms with Crippen molar-refractivity contribution < 1.29 is 14.0 Å². The molecule has 0 aliphatic heterocycles. The van der Waals surface area contributed by atoms with Crippen LogP contribution in [-0.4, -0.2) is 21.0 Å². The zero-order valence-electron chi connectivity index (χ0n) is 12.6. The van der Waals surface area contributed by atoms with E-state index in [2.05, 4.69) is 14.7 Å². The van der Waals surface area contributed by atoms with Crippen molar-refractivity contribution in [2.24, 2.45) is 0 Å². The fourth-order valence-corrected chi connectivity index (χ4v) is 2.79. The third kappa shape index (κ3) is 4.06. The first-order chi connectivity index (χ1) is 11.5. The molecule has 0 bridgehead atoms. The van der Waals surface area contributed by atoms with Gasteiger partial charge in [0.2, 0.25) is 11.0 Å². The summed E-state index contributed by atoms with van der Waals surface area (Å²) in [5.74, 6) is 0.549. The maximum atomic E-state index is 11.9. The van der Waals surface area contributed by atoms with Gasteiger partial charge in [-0.3, -0.25) is 14.9 Å². The number of hydrogen-bond acceptors (Lipinski definition) is 6. The minimum atomic E-state index is -0.362. The molecule has 0 unspecified atom stereocenters. The average Bonchev–Trinajstić information content (AvgIpc) is 3.10. The van der Waals surface area contributed by atoms with Crippen molar-refractivity contribution in [3.63, 3.8) is 0 Å². The van der Waals surface area contributed by atoms with Crippen LogP contribution in [0.25, 0.3) is 17.0 Å². The quantitative estimate of drug-likeness (QED) is 0.700. The second-order valence-electron chi connectivity index (χ2n) is 5.05. The molecule has 8 heteroatoms. The van der Waals surface area contributed by atoms with Crippen LogP contribution >= 0.6 is 23.1 Å². The minimum absolute atomic E-state index is 0.0319. The zero-order valence-corrected chi connectivity index (χ0v) is 14.1. The first kappa shape index (κ1) is 16.4. The number of fused-ring (bicyclic) bond motifs is 1. The Morgan fingerprint density at radius 1 is 1.38 bits per heavy atom. The number of furan rings is 1. The number of hydrogen-bond donors (Lipinski definition) is 1. The van der Waals surface area contributed by atoms with Crippen molar-refractivity contribution in [2.45, 2.75) is 13.3 Å². The van der Waals surface area contributed by atoms with E-state index in [1.54, 1.807) is 30.3 Å². The number of rotatable bonds is 5. The van der Waals surface area contributed by atoms with Crippen LogP contribution in [-0.2, 0) is 16.0 Å². The maximum absolute atomic E-state index is 11.9. The van der Waals surface area contributed by atoms with Crippen LogP contribution in [0.2, 0.25) is 5.02 Å². The summed E-state index contributed by atoms with van der Waals surface area (Å²) in [5, 5.41) is 4.42. The topological polar surface area (TPSA) is 85.1 Å². The molecule has 0 saturated heterocycles. The Morgan fingerprint density at radius 3 is 3.00 bits per heavy atom. The third-order valence-corrected chi connectivity index (χ3v) is 3.91. The smallest absolute Gasteiger partial charge is 0.250 e. The molecule has 1 aromatic carbocycles. The second-order valence-corrected chi connectivity index (χ2v) is 6.24. The fraction of sp³-hybridized carbons (Fsp3) is 0.125. The van der Waals surface area contributed by atoms with E-state index in [1.165, 1.54) is 13.0 Å². The molecule has 122 valence electrons. The maximum Gasteiger partial charge on any atom is 0.250 e. The molecule has 0 aliphatic carbocycles. The van der Waals surface area contributed by atoms with Crippen LogP contribution in [0, 0.1) is 0 Å². The van der Waals surface area contributed by atoms with E-state index in [9.17, 15) is 9.59 Å².